The minimum Gasteiger partial charge on any atom is -0.483 e. The molecule has 0 amide bonds. The third-order valence-corrected chi connectivity index (χ3v) is 9.40. The van der Waals surface area contributed by atoms with E-state index < -0.39 is 38.2 Å². The van der Waals surface area contributed by atoms with Crippen molar-refractivity contribution in [3.05, 3.63) is 84.4 Å². The fraction of sp³-hybridized carbons (Fsp3) is 0.357. The predicted molar refractivity (Wildman–Crippen MR) is 141 cm³/mol. The molecular formula is C28H31F2O6S2+. The van der Waals surface area contributed by atoms with Gasteiger partial charge in [-0.15, -0.1) is 0 Å². The molecule has 0 bridgehead atoms. The van der Waals surface area contributed by atoms with Gasteiger partial charge in [0.2, 0.25) is 0 Å². The Hall–Kier alpha value is -2.50. The highest BCUT2D eigenvalue weighted by Crippen LogP contribution is 2.45. The normalized spacial score (nSPS) is 21.8. The number of halogens is 2. The van der Waals surface area contributed by atoms with Crippen molar-refractivity contribution in [2.75, 3.05) is 0 Å². The van der Waals surface area contributed by atoms with Crippen LogP contribution in [-0.2, 0) is 36.3 Å². The Bertz CT molecular complexity index is 1350. The minimum absolute atomic E-state index is 0.0529. The number of ether oxygens (including phenoxy) is 3. The van der Waals surface area contributed by atoms with Gasteiger partial charge in [-0.25, -0.2) is 0 Å². The molecule has 1 aliphatic rings. The summed E-state index contributed by atoms with van der Waals surface area (Å²) >= 11 is 0. The standard InChI is InChI=1S/C28H30F2O6S2/c1-19(28(29,30)38(31,32)33)34-21-13-17-24(18-14-21)37(22-9-7-6-8-10-22)23-15-11-20(12-16-23)27(5)35-25(36-27)26(2,3)4/h6-19,25H,1-5H3/p+1. The number of rotatable bonds is 8. The van der Waals surface area contributed by atoms with E-state index in [4.69, 9.17) is 18.8 Å². The molecule has 3 aromatic carbocycles. The van der Waals surface area contributed by atoms with Crippen molar-refractivity contribution < 1.29 is 36.0 Å². The fourth-order valence-corrected chi connectivity index (χ4v) is 6.43. The molecule has 38 heavy (non-hydrogen) atoms. The van der Waals surface area contributed by atoms with Crippen LogP contribution in [0.4, 0.5) is 8.78 Å². The summed E-state index contributed by atoms with van der Waals surface area (Å²) in [6.45, 7) is 8.96. The fourth-order valence-electron chi connectivity index (χ4n) is 3.90. The van der Waals surface area contributed by atoms with E-state index in [9.17, 15) is 17.2 Å². The van der Waals surface area contributed by atoms with Gasteiger partial charge in [-0.1, -0.05) is 39.0 Å². The summed E-state index contributed by atoms with van der Waals surface area (Å²) in [7, 11) is -6.14. The van der Waals surface area contributed by atoms with Gasteiger partial charge in [0.05, 0.1) is 10.9 Å². The third kappa shape index (κ3) is 5.74. The van der Waals surface area contributed by atoms with E-state index in [2.05, 4.69) is 20.8 Å². The van der Waals surface area contributed by atoms with Gasteiger partial charge in [0.15, 0.2) is 32.9 Å². The van der Waals surface area contributed by atoms with Crippen molar-refractivity contribution in [3.8, 4) is 5.75 Å². The molecule has 1 heterocycles. The van der Waals surface area contributed by atoms with Crippen LogP contribution in [-0.4, -0.2) is 30.6 Å². The number of alkyl halides is 2. The van der Waals surface area contributed by atoms with Gasteiger partial charge in [0, 0.05) is 11.0 Å². The van der Waals surface area contributed by atoms with E-state index in [1.165, 1.54) is 12.1 Å². The summed E-state index contributed by atoms with van der Waals surface area (Å²) in [6, 6.07) is 24.4. The Morgan fingerprint density at radius 2 is 1.37 bits per heavy atom. The van der Waals surface area contributed by atoms with E-state index in [0.717, 1.165) is 27.2 Å². The molecule has 4 rings (SSSR count). The molecule has 0 aromatic heterocycles. The molecule has 0 radical (unpaired) electrons. The van der Waals surface area contributed by atoms with Crippen molar-refractivity contribution >= 4 is 21.0 Å². The van der Waals surface area contributed by atoms with E-state index in [1.807, 2.05) is 61.5 Å². The zero-order valence-electron chi connectivity index (χ0n) is 21.7. The monoisotopic (exact) mass is 565 g/mol. The Morgan fingerprint density at radius 3 is 1.84 bits per heavy atom. The van der Waals surface area contributed by atoms with Crippen molar-refractivity contribution in [2.24, 2.45) is 5.41 Å². The van der Waals surface area contributed by atoms with Crippen LogP contribution in [0.5, 0.6) is 5.75 Å². The Balaban J connectivity index is 1.59. The average Bonchev–Trinajstić information content (AvgIpc) is 2.83. The third-order valence-electron chi connectivity index (χ3n) is 6.15. The highest BCUT2D eigenvalue weighted by Gasteiger charge is 2.51. The van der Waals surface area contributed by atoms with Crippen molar-refractivity contribution in [3.63, 3.8) is 0 Å². The van der Waals surface area contributed by atoms with Gasteiger partial charge in [-0.05, 0) is 74.5 Å². The lowest BCUT2D eigenvalue weighted by atomic mass is 9.92. The lowest BCUT2D eigenvalue weighted by molar-refractivity contribution is -0.477. The second-order valence-corrected chi connectivity index (χ2v) is 13.8. The highest BCUT2D eigenvalue weighted by molar-refractivity contribution is 7.97. The smallest absolute Gasteiger partial charge is 0.405 e. The zero-order valence-corrected chi connectivity index (χ0v) is 23.4. The molecule has 1 saturated heterocycles. The van der Waals surface area contributed by atoms with Gasteiger partial charge in [0.1, 0.15) is 5.75 Å². The quantitative estimate of drug-likeness (QED) is 0.244. The maximum atomic E-state index is 13.9. The topological polar surface area (TPSA) is 82.1 Å². The molecule has 1 fully saturated rings. The van der Waals surface area contributed by atoms with Gasteiger partial charge in [0.25, 0.3) is 0 Å². The second kappa shape index (κ2) is 10.2. The van der Waals surface area contributed by atoms with Gasteiger partial charge >= 0.3 is 15.4 Å². The van der Waals surface area contributed by atoms with Crippen molar-refractivity contribution in [1.82, 2.24) is 0 Å². The summed E-state index contributed by atoms with van der Waals surface area (Å²) in [5.41, 5.74) is 0.769. The summed E-state index contributed by atoms with van der Waals surface area (Å²) in [5, 5.41) is -4.45. The minimum atomic E-state index is -5.61. The van der Waals surface area contributed by atoms with Crippen LogP contribution < -0.4 is 4.74 Å². The molecule has 3 aromatic rings. The first-order valence-corrected chi connectivity index (χ1v) is 14.7. The van der Waals surface area contributed by atoms with Gasteiger partial charge in [-0.3, -0.25) is 4.55 Å². The van der Waals surface area contributed by atoms with Crippen LogP contribution in [0.25, 0.3) is 0 Å². The maximum Gasteiger partial charge on any atom is 0.405 e. The molecule has 2 unspecified atom stereocenters. The summed E-state index contributed by atoms with van der Waals surface area (Å²) in [5.74, 6) is -0.765. The number of benzene rings is 3. The average molecular weight is 566 g/mol. The van der Waals surface area contributed by atoms with Crippen LogP contribution in [0.3, 0.4) is 0 Å². The van der Waals surface area contributed by atoms with Crippen molar-refractivity contribution in [1.29, 1.82) is 0 Å². The van der Waals surface area contributed by atoms with E-state index >= 15 is 0 Å². The molecule has 204 valence electrons. The molecule has 0 saturated carbocycles. The molecule has 1 aliphatic heterocycles. The Kier molecular flexibility index (Phi) is 7.68. The van der Waals surface area contributed by atoms with E-state index in [1.54, 1.807) is 12.1 Å². The maximum absolute atomic E-state index is 13.9. The SMILES string of the molecule is CC(Oc1ccc([S+](c2ccccc2)c2ccc(C3(C)OC(C(C)(C)C)O3)cc2)cc1)C(F)(F)S(=O)(=O)O. The highest BCUT2D eigenvalue weighted by atomic mass is 32.2. The number of hydrogen-bond acceptors (Lipinski definition) is 5. The Morgan fingerprint density at radius 1 is 0.895 bits per heavy atom. The summed E-state index contributed by atoms with van der Waals surface area (Å²) in [6.07, 6.45) is -2.37. The van der Waals surface area contributed by atoms with Crippen LogP contribution in [0.1, 0.15) is 40.2 Å². The van der Waals surface area contributed by atoms with Crippen LogP contribution >= 0.6 is 0 Å². The van der Waals surface area contributed by atoms with Crippen LogP contribution in [0.15, 0.2) is 93.5 Å². The van der Waals surface area contributed by atoms with Gasteiger partial charge in [-0.2, -0.15) is 17.2 Å². The number of hydrogen-bond donors (Lipinski definition) is 1. The molecule has 0 aliphatic carbocycles. The lowest BCUT2D eigenvalue weighted by Crippen LogP contribution is -2.54. The molecule has 2 atom stereocenters. The van der Waals surface area contributed by atoms with Crippen molar-refractivity contribution in [2.45, 2.75) is 72.7 Å². The predicted octanol–water partition coefficient (Wildman–Crippen LogP) is 6.62. The summed E-state index contributed by atoms with van der Waals surface area (Å²) < 4.78 is 76.0. The van der Waals surface area contributed by atoms with Crippen LogP contribution in [0.2, 0.25) is 0 Å². The lowest BCUT2D eigenvalue weighted by Gasteiger charge is -2.50. The molecule has 0 spiro atoms. The molecular weight excluding hydrogens is 534 g/mol. The van der Waals surface area contributed by atoms with Gasteiger partial charge < -0.3 is 14.2 Å². The first-order valence-electron chi connectivity index (χ1n) is 12.0. The first-order chi connectivity index (χ1) is 17.6. The van der Waals surface area contributed by atoms with Crippen LogP contribution in [0, 0.1) is 5.41 Å². The molecule has 6 nitrogen and oxygen atoms in total. The zero-order chi connectivity index (χ0) is 27.9. The second-order valence-electron chi connectivity index (χ2n) is 10.3. The molecule has 1 N–H and O–H groups in total. The molecule has 10 heteroatoms. The van der Waals surface area contributed by atoms with E-state index in [-0.39, 0.29) is 17.5 Å². The van der Waals surface area contributed by atoms with E-state index in [0.29, 0.717) is 0 Å². The largest absolute Gasteiger partial charge is 0.483 e. The first kappa shape index (κ1) is 28.5. The summed E-state index contributed by atoms with van der Waals surface area (Å²) in [4.78, 5) is 2.98. The Labute approximate surface area is 225 Å².